The van der Waals surface area contributed by atoms with Crippen molar-refractivity contribution in [1.29, 1.82) is 0 Å². The highest BCUT2D eigenvalue weighted by Crippen LogP contribution is 2.21. The topological polar surface area (TPSA) is 71.9 Å². The average Bonchev–Trinajstić information content (AvgIpc) is 2.83. The van der Waals surface area contributed by atoms with Crippen molar-refractivity contribution in [3.8, 4) is 0 Å². The van der Waals surface area contributed by atoms with E-state index in [2.05, 4.69) is 15.5 Å². The predicted molar refractivity (Wildman–Crippen MR) is 54.7 cm³/mol. The van der Waals surface area contributed by atoms with E-state index in [1.165, 1.54) is 0 Å². The fourth-order valence-electron chi connectivity index (χ4n) is 1.98. The molecule has 0 amide bonds. The molecule has 0 aromatic carbocycles. The van der Waals surface area contributed by atoms with Gasteiger partial charge in [-0.1, -0.05) is 0 Å². The lowest BCUT2D eigenvalue weighted by atomic mass is 10.2. The highest BCUT2D eigenvalue weighted by molar-refractivity contribution is 5.00. The number of rotatable bonds is 3. The van der Waals surface area contributed by atoms with Crippen LogP contribution in [0.3, 0.4) is 0 Å². The van der Waals surface area contributed by atoms with Crippen LogP contribution in [-0.2, 0) is 11.3 Å². The minimum Gasteiger partial charge on any atom is -0.380 e. The van der Waals surface area contributed by atoms with E-state index in [1.807, 2.05) is 6.92 Å². The summed E-state index contributed by atoms with van der Waals surface area (Å²) in [5.41, 5.74) is -0.143. The van der Waals surface area contributed by atoms with E-state index in [9.17, 15) is 4.79 Å². The summed E-state index contributed by atoms with van der Waals surface area (Å²) in [6, 6.07) is 0.119. The molecular weight excluding hydrogens is 196 g/mol. The quantitative estimate of drug-likeness (QED) is 0.717. The highest BCUT2D eigenvalue weighted by Gasteiger charge is 2.28. The molecule has 0 spiro atoms. The van der Waals surface area contributed by atoms with Gasteiger partial charge in [0.1, 0.15) is 0 Å². The molecule has 0 saturated carbocycles. The number of aromatic amines is 1. The van der Waals surface area contributed by atoms with Gasteiger partial charge >= 0.3 is 5.69 Å². The number of nitrogens with one attached hydrogen (secondary N) is 2. The number of hydrogen-bond donors (Lipinski definition) is 2. The predicted octanol–water partition coefficient (Wildman–Crippen LogP) is -0.359. The van der Waals surface area contributed by atoms with E-state index in [0.29, 0.717) is 6.54 Å². The fraction of sp³-hybridized carbons (Fsp3) is 0.778. The third-order valence-electron chi connectivity index (χ3n) is 2.84. The Labute approximate surface area is 87.6 Å². The van der Waals surface area contributed by atoms with Gasteiger partial charge in [-0.05, 0) is 13.3 Å². The van der Waals surface area contributed by atoms with E-state index in [0.717, 1.165) is 18.8 Å². The SMILES string of the molecule is CCn1c([C@@H]2C[C@H](OC)CN2)n[nH]c1=O. The summed E-state index contributed by atoms with van der Waals surface area (Å²) in [6.45, 7) is 3.38. The molecule has 1 aromatic rings. The van der Waals surface area contributed by atoms with Gasteiger partial charge in [-0.25, -0.2) is 9.89 Å². The van der Waals surface area contributed by atoms with Gasteiger partial charge in [0, 0.05) is 20.2 Å². The van der Waals surface area contributed by atoms with Gasteiger partial charge in [0.15, 0.2) is 5.82 Å². The molecule has 2 atom stereocenters. The monoisotopic (exact) mass is 212 g/mol. The molecule has 2 N–H and O–H groups in total. The van der Waals surface area contributed by atoms with Gasteiger partial charge in [0.05, 0.1) is 12.1 Å². The Bertz CT molecular complexity index is 384. The zero-order valence-corrected chi connectivity index (χ0v) is 8.99. The normalized spacial score (nSPS) is 26.0. The number of nitrogens with zero attached hydrogens (tertiary/aromatic N) is 2. The molecule has 0 aliphatic carbocycles. The molecule has 6 nitrogen and oxygen atoms in total. The molecule has 0 unspecified atom stereocenters. The third kappa shape index (κ3) is 1.82. The van der Waals surface area contributed by atoms with Crippen molar-refractivity contribution < 1.29 is 4.74 Å². The summed E-state index contributed by atoms with van der Waals surface area (Å²) in [4.78, 5) is 11.4. The van der Waals surface area contributed by atoms with Crippen molar-refractivity contribution in [2.45, 2.75) is 32.0 Å². The van der Waals surface area contributed by atoms with Crippen LogP contribution in [0.1, 0.15) is 25.2 Å². The molecule has 1 aromatic heterocycles. The summed E-state index contributed by atoms with van der Waals surface area (Å²) in [7, 11) is 1.70. The maximum absolute atomic E-state index is 11.4. The molecule has 2 heterocycles. The van der Waals surface area contributed by atoms with Gasteiger partial charge in [-0.15, -0.1) is 0 Å². The van der Waals surface area contributed by atoms with Crippen molar-refractivity contribution in [1.82, 2.24) is 20.1 Å². The second-order valence-electron chi connectivity index (χ2n) is 3.69. The summed E-state index contributed by atoms with van der Waals surface area (Å²) in [5, 5.41) is 9.81. The maximum Gasteiger partial charge on any atom is 0.343 e. The largest absolute Gasteiger partial charge is 0.380 e. The lowest BCUT2D eigenvalue weighted by Crippen LogP contribution is -2.23. The standard InChI is InChI=1S/C9H16N4O2/c1-3-13-8(11-12-9(13)14)7-4-6(15-2)5-10-7/h6-7,10H,3-5H2,1-2H3,(H,12,14)/t6-,7-/m0/s1. The van der Waals surface area contributed by atoms with Crippen molar-refractivity contribution in [2.75, 3.05) is 13.7 Å². The van der Waals surface area contributed by atoms with Crippen LogP contribution in [0.5, 0.6) is 0 Å². The number of H-pyrrole nitrogens is 1. The van der Waals surface area contributed by atoms with Crippen LogP contribution >= 0.6 is 0 Å². The molecule has 1 aliphatic heterocycles. The smallest absolute Gasteiger partial charge is 0.343 e. The van der Waals surface area contributed by atoms with Gasteiger partial charge in [-0.3, -0.25) is 4.57 Å². The zero-order valence-electron chi connectivity index (χ0n) is 8.99. The zero-order chi connectivity index (χ0) is 10.8. The van der Waals surface area contributed by atoms with E-state index in [-0.39, 0.29) is 17.8 Å². The lowest BCUT2D eigenvalue weighted by molar-refractivity contribution is 0.117. The third-order valence-corrected chi connectivity index (χ3v) is 2.84. The Hall–Kier alpha value is -1.14. The molecule has 0 bridgehead atoms. The number of ether oxygens (including phenoxy) is 1. The van der Waals surface area contributed by atoms with Crippen LogP contribution < -0.4 is 11.0 Å². The molecule has 1 fully saturated rings. The molecule has 1 aliphatic rings. The van der Waals surface area contributed by atoms with Crippen LogP contribution in [0.25, 0.3) is 0 Å². The van der Waals surface area contributed by atoms with Crippen molar-refractivity contribution in [3.05, 3.63) is 16.3 Å². The molecule has 1 saturated heterocycles. The van der Waals surface area contributed by atoms with E-state index in [1.54, 1.807) is 11.7 Å². The Morgan fingerprint density at radius 3 is 3.07 bits per heavy atom. The minimum atomic E-state index is -0.143. The van der Waals surface area contributed by atoms with Crippen LogP contribution in [0, 0.1) is 0 Å². The summed E-state index contributed by atoms with van der Waals surface area (Å²) in [6.07, 6.45) is 1.08. The summed E-state index contributed by atoms with van der Waals surface area (Å²) < 4.78 is 6.90. The van der Waals surface area contributed by atoms with Crippen molar-refractivity contribution in [2.24, 2.45) is 0 Å². The first-order valence-corrected chi connectivity index (χ1v) is 5.17. The lowest BCUT2D eigenvalue weighted by Gasteiger charge is -2.09. The van der Waals surface area contributed by atoms with E-state index < -0.39 is 0 Å². The van der Waals surface area contributed by atoms with E-state index >= 15 is 0 Å². The maximum atomic E-state index is 11.4. The van der Waals surface area contributed by atoms with Gasteiger partial charge < -0.3 is 10.1 Å². The highest BCUT2D eigenvalue weighted by atomic mass is 16.5. The molecule has 15 heavy (non-hydrogen) atoms. The van der Waals surface area contributed by atoms with Gasteiger partial charge in [0.25, 0.3) is 0 Å². The average molecular weight is 212 g/mol. The van der Waals surface area contributed by atoms with Crippen molar-refractivity contribution >= 4 is 0 Å². The number of aromatic nitrogens is 3. The number of methoxy groups -OCH3 is 1. The summed E-state index contributed by atoms with van der Waals surface area (Å²) >= 11 is 0. The van der Waals surface area contributed by atoms with Gasteiger partial charge in [-0.2, -0.15) is 5.10 Å². The Morgan fingerprint density at radius 1 is 1.67 bits per heavy atom. The summed E-state index contributed by atoms with van der Waals surface area (Å²) in [5.74, 6) is 0.780. The van der Waals surface area contributed by atoms with E-state index in [4.69, 9.17) is 4.74 Å². The second kappa shape index (κ2) is 4.16. The fourth-order valence-corrected chi connectivity index (χ4v) is 1.98. The van der Waals surface area contributed by atoms with Crippen molar-refractivity contribution in [3.63, 3.8) is 0 Å². The Morgan fingerprint density at radius 2 is 2.47 bits per heavy atom. The Kier molecular flexibility index (Phi) is 2.88. The second-order valence-corrected chi connectivity index (χ2v) is 3.69. The first-order valence-electron chi connectivity index (χ1n) is 5.17. The minimum absolute atomic E-state index is 0.119. The van der Waals surface area contributed by atoms with Crippen LogP contribution in [0.2, 0.25) is 0 Å². The molecular formula is C9H16N4O2. The van der Waals surface area contributed by atoms with Crippen LogP contribution in [-0.4, -0.2) is 34.5 Å². The number of hydrogen-bond acceptors (Lipinski definition) is 4. The first-order chi connectivity index (χ1) is 7.26. The van der Waals surface area contributed by atoms with Crippen LogP contribution in [0.15, 0.2) is 4.79 Å². The Balaban J connectivity index is 2.20. The molecule has 0 radical (unpaired) electrons. The molecule has 2 rings (SSSR count). The molecule has 84 valence electrons. The molecule has 6 heteroatoms. The van der Waals surface area contributed by atoms with Gasteiger partial charge in [0.2, 0.25) is 0 Å². The first kappa shape index (κ1) is 10.4. The van der Waals surface area contributed by atoms with Crippen LogP contribution in [0.4, 0.5) is 0 Å².